The number of halogens is 2. The lowest BCUT2D eigenvalue weighted by Crippen LogP contribution is -2.26. The number of nitrogens with one attached hydrogen (secondary N) is 2. The first-order valence-electron chi connectivity index (χ1n) is 7.51. The molecule has 0 aliphatic carbocycles. The number of hydrogen-bond donors (Lipinski definition) is 2. The molecule has 8 heteroatoms. The van der Waals surface area contributed by atoms with Gasteiger partial charge < -0.3 is 15.4 Å². The number of carbonyl (C=O) groups is 2. The Morgan fingerprint density at radius 3 is 2.56 bits per heavy atom. The van der Waals surface area contributed by atoms with E-state index in [1.165, 1.54) is 24.4 Å². The largest absolute Gasteiger partial charge is 0.385 e. The molecule has 0 unspecified atom stereocenters. The molecule has 1 aromatic heterocycles. The minimum absolute atomic E-state index is 0.0269. The van der Waals surface area contributed by atoms with E-state index in [0.717, 1.165) is 12.1 Å². The van der Waals surface area contributed by atoms with Crippen LogP contribution in [0.3, 0.4) is 0 Å². The van der Waals surface area contributed by atoms with E-state index in [2.05, 4.69) is 15.6 Å². The third-order valence-corrected chi connectivity index (χ3v) is 3.27. The summed E-state index contributed by atoms with van der Waals surface area (Å²) in [5.74, 6) is -2.99. The molecule has 1 aromatic carbocycles. The molecule has 0 radical (unpaired) electrons. The highest BCUT2D eigenvalue weighted by Crippen LogP contribution is 2.19. The van der Waals surface area contributed by atoms with Crippen LogP contribution in [0, 0.1) is 11.6 Å². The van der Waals surface area contributed by atoms with Gasteiger partial charge in [0.1, 0.15) is 23.0 Å². The van der Waals surface area contributed by atoms with Crippen molar-refractivity contribution in [3.63, 3.8) is 0 Å². The van der Waals surface area contributed by atoms with Crippen LogP contribution in [0.2, 0.25) is 0 Å². The summed E-state index contributed by atoms with van der Waals surface area (Å²) in [5, 5.41) is 4.79. The van der Waals surface area contributed by atoms with Crippen molar-refractivity contribution in [2.75, 3.05) is 25.6 Å². The van der Waals surface area contributed by atoms with Crippen LogP contribution in [0.5, 0.6) is 0 Å². The number of pyridine rings is 1. The number of methoxy groups -OCH3 is 1. The fourth-order valence-electron chi connectivity index (χ4n) is 2.01. The van der Waals surface area contributed by atoms with Gasteiger partial charge in [-0.2, -0.15) is 0 Å². The lowest BCUT2D eigenvalue weighted by molar-refractivity contribution is 0.0943. The van der Waals surface area contributed by atoms with Crippen LogP contribution in [0.25, 0.3) is 0 Å². The summed E-state index contributed by atoms with van der Waals surface area (Å²) in [4.78, 5) is 28.0. The summed E-state index contributed by atoms with van der Waals surface area (Å²) in [6.45, 7) is 0.898. The number of rotatable bonds is 7. The third kappa shape index (κ3) is 5.05. The number of hydrogen-bond acceptors (Lipinski definition) is 4. The Morgan fingerprint density at radius 2 is 1.88 bits per heavy atom. The first-order valence-corrected chi connectivity index (χ1v) is 7.51. The van der Waals surface area contributed by atoms with Crippen LogP contribution in [0.15, 0.2) is 36.5 Å². The van der Waals surface area contributed by atoms with Gasteiger partial charge in [-0.1, -0.05) is 6.07 Å². The molecular formula is C17H17F2N3O3. The summed E-state index contributed by atoms with van der Waals surface area (Å²) in [6.07, 6.45) is 1.91. The standard InChI is InChI=1S/C17H17F2N3O3/c1-25-9-3-7-21-17(24)14-10-11(6-8-20-14)16(23)22-15-12(18)4-2-5-13(15)19/h2,4-6,8,10H,3,7,9H2,1H3,(H,21,24)(H,22,23). The topological polar surface area (TPSA) is 80.3 Å². The highest BCUT2D eigenvalue weighted by atomic mass is 19.1. The molecule has 25 heavy (non-hydrogen) atoms. The maximum atomic E-state index is 13.6. The van der Waals surface area contributed by atoms with Gasteiger partial charge in [-0.15, -0.1) is 0 Å². The number of benzene rings is 1. The predicted molar refractivity (Wildman–Crippen MR) is 87.4 cm³/mol. The molecule has 2 aromatic rings. The summed E-state index contributed by atoms with van der Waals surface area (Å²) < 4.78 is 32.1. The maximum Gasteiger partial charge on any atom is 0.269 e. The first-order chi connectivity index (χ1) is 12.0. The van der Waals surface area contributed by atoms with Gasteiger partial charge in [0.15, 0.2) is 0 Å². The summed E-state index contributed by atoms with van der Waals surface area (Å²) >= 11 is 0. The second kappa shape index (κ2) is 8.84. The zero-order chi connectivity index (χ0) is 18.2. The van der Waals surface area contributed by atoms with Crippen molar-refractivity contribution in [2.24, 2.45) is 0 Å². The molecule has 0 fully saturated rings. The van der Waals surface area contributed by atoms with E-state index in [1.807, 2.05) is 0 Å². The van der Waals surface area contributed by atoms with E-state index < -0.39 is 29.1 Å². The maximum absolute atomic E-state index is 13.6. The van der Waals surface area contributed by atoms with Gasteiger partial charge in [-0.25, -0.2) is 8.78 Å². The summed E-state index contributed by atoms with van der Waals surface area (Å²) in [5.41, 5.74) is -0.464. The van der Waals surface area contributed by atoms with Gasteiger partial charge in [0, 0.05) is 32.0 Å². The number of aromatic nitrogens is 1. The number of anilines is 1. The Bertz CT molecular complexity index is 748. The van der Waals surface area contributed by atoms with Crippen molar-refractivity contribution >= 4 is 17.5 Å². The molecule has 2 N–H and O–H groups in total. The lowest BCUT2D eigenvalue weighted by atomic mass is 10.2. The molecular weight excluding hydrogens is 332 g/mol. The molecule has 1 heterocycles. The van der Waals surface area contributed by atoms with Crippen molar-refractivity contribution in [2.45, 2.75) is 6.42 Å². The second-order valence-electron chi connectivity index (χ2n) is 5.08. The van der Waals surface area contributed by atoms with Crippen molar-refractivity contribution in [1.29, 1.82) is 0 Å². The molecule has 6 nitrogen and oxygen atoms in total. The molecule has 2 amide bonds. The molecule has 0 aliphatic rings. The van der Waals surface area contributed by atoms with E-state index in [1.54, 1.807) is 7.11 Å². The lowest BCUT2D eigenvalue weighted by Gasteiger charge is -2.09. The Balaban J connectivity index is 2.07. The number of nitrogens with zero attached hydrogens (tertiary/aromatic N) is 1. The Hall–Kier alpha value is -2.87. The van der Waals surface area contributed by atoms with E-state index in [9.17, 15) is 18.4 Å². The quantitative estimate of drug-likeness (QED) is 0.752. The zero-order valence-electron chi connectivity index (χ0n) is 13.5. The number of para-hydroxylation sites is 1. The SMILES string of the molecule is COCCCNC(=O)c1cc(C(=O)Nc2c(F)cccc2F)ccn1. The highest BCUT2D eigenvalue weighted by Gasteiger charge is 2.15. The van der Waals surface area contributed by atoms with Crippen LogP contribution >= 0.6 is 0 Å². The van der Waals surface area contributed by atoms with Gasteiger partial charge in [0.2, 0.25) is 0 Å². The van der Waals surface area contributed by atoms with E-state index in [-0.39, 0.29) is 11.3 Å². The molecule has 0 aliphatic heterocycles. The third-order valence-electron chi connectivity index (χ3n) is 3.27. The smallest absolute Gasteiger partial charge is 0.269 e. The average molecular weight is 349 g/mol. The van der Waals surface area contributed by atoms with Crippen molar-refractivity contribution in [3.05, 3.63) is 59.4 Å². The van der Waals surface area contributed by atoms with Crippen LogP contribution in [-0.4, -0.2) is 37.1 Å². The summed E-state index contributed by atoms with van der Waals surface area (Å²) in [7, 11) is 1.56. The van der Waals surface area contributed by atoms with Crippen LogP contribution < -0.4 is 10.6 Å². The van der Waals surface area contributed by atoms with E-state index in [0.29, 0.717) is 19.6 Å². The Kier molecular flexibility index (Phi) is 6.53. The van der Waals surface area contributed by atoms with Gasteiger partial charge in [-0.3, -0.25) is 14.6 Å². The van der Waals surface area contributed by atoms with Crippen LogP contribution in [-0.2, 0) is 4.74 Å². The molecule has 0 bridgehead atoms. The molecule has 0 spiro atoms. The fourth-order valence-corrected chi connectivity index (χ4v) is 2.01. The molecule has 132 valence electrons. The van der Waals surface area contributed by atoms with Gasteiger partial charge >= 0.3 is 0 Å². The van der Waals surface area contributed by atoms with Crippen LogP contribution in [0.4, 0.5) is 14.5 Å². The monoisotopic (exact) mass is 349 g/mol. The minimum Gasteiger partial charge on any atom is -0.385 e. The second-order valence-corrected chi connectivity index (χ2v) is 5.08. The minimum atomic E-state index is -0.890. The van der Waals surface area contributed by atoms with E-state index in [4.69, 9.17) is 4.74 Å². The molecule has 2 rings (SSSR count). The zero-order valence-corrected chi connectivity index (χ0v) is 13.5. The van der Waals surface area contributed by atoms with Gasteiger partial charge in [0.25, 0.3) is 11.8 Å². The average Bonchev–Trinajstić information content (AvgIpc) is 2.61. The normalized spacial score (nSPS) is 10.4. The van der Waals surface area contributed by atoms with Gasteiger partial charge in [-0.05, 0) is 30.7 Å². The molecule has 0 saturated carbocycles. The van der Waals surface area contributed by atoms with E-state index >= 15 is 0 Å². The molecule has 0 atom stereocenters. The Labute approximate surface area is 143 Å². The van der Waals surface area contributed by atoms with Crippen molar-refractivity contribution < 1.29 is 23.1 Å². The fraction of sp³-hybridized carbons (Fsp3) is 0.235. The number of carbonyl (C=O) groups excluding carboxylic acids is 2. The predicted octanol–water partition coefficient (Wildman–Crippen LogP) is 2.38. The highest BCUT2D eigenvalue weighted by molar-refractivity contribution is 6.05. The summed E-state index contributed by atoms with van der Waals surface area (Å²) in [6, 6.07) is 5.85. The molecule has 0 saturated heterocycles. The van der Waals surface area contributed by atoms with Gasteiger partial charge in [0.05, 0.1) is 0 Å². The number of ether oxygens (including phenoxy) is 1. The Morgan fingerprint density at radius 1 is 1.16 bits per heavy atom. The first kappa shape index (κ1) is 18.5. The van der Waals surface area contributed by atoms with Crippen molar-refractivity contribution in [1.82, 2.24) is 10.3 Å². The number of amides is 2. The van der Waals surface area contributed by atoms with Crippen LogP contribution in [0.1, 0.15) is 27.3 Å². The van der Waals surface area contributed by atoms with Crippen molar-refractivity contribution in [3.8, 4) is 0 Å².